The Morgan fingerprint density at radius 2 is 2.11 bits per heavy atom. The second kappa shape index (κ2) is 1.51. The molecule has 2 aliphatic carbocycles. The summed E-state index contributed by atoms with van der Waals surface area (Å²) < 4.78 is 0. The minimum Gasteiger partial charge on any atom is -0.327 e. The maximum Gasteiger partial charge on any atom is 0.00956 e. The van der Waals surface area contributed by atoms with Gasteiger partial charge in [-0.15, -0.1) is 0 Å². The molecule has 0 aromatic rings. The summed E-state index contributed by atoms with van der Waals surface area (Å²) in [5, 5.41) is 0. The van der Waals surface area contributed by atoms with Crippen LogP contribution in [0, 0.1) is 11.3 Å². The molecule has 1 heteroatoms. The van der Waals surface area contributed by atoms with Crippen molar-refractivity contribution in [1.82, 2.24) is 0 Å². The highest BCUT2D eigenvalue weighted by Gasteiger charge is 2.50. The summed E-state index contributed by atoms with van der Waals surface area (Å²) in [6.07, 6.45) is 5.52. The molecule has 2 rings (SSSR count). The molecular weight excluding hydrogens is 110 g/mol. The normalized spacial score (nSPS) is 56.7. The van der Waals surface area contributed by atoms with Crippen molar-refractivity contribution in [2.45, 2.75) is 38.6 Å². The Morgan fingerprint density at radius 3 is 2.33 bits per heavy atom. The van der Waals surface area contributed by atoms with Crippen molar-refractivity contribution in [3.63, 3.8) is 0 Å². The van der Waals surface area contributed by atoms with Gasteiger partial charge in [-0.2, -0.15) is 0 Å². The van der Waals surface area contributed by atoms with E-state index in [0.717, 1.165) is 5.92 Å². The quantitative estimate of drug-likeness (QED) is 0.522. The van der Waals surface area contributed by atoms with Crippen LogP contribution in [0.25, 0.3) is 0 Å². The highest BCUT2D eigenvalue weighted by Crippen LogP contribution is 2.56. The fourth-order valence-electron chi connectivity index (χ4n) is 2.48. The first-order chi connectivity index (χ1) is 4.23. The van der Waals surface area contributed by atoms with Gasteiger partial charge in [-0.25, -0.2) is 0 Å². The summed E-state index contributed by atoms with van der Waals surface area (Å²) in [6.45, 7) is 2.36. The van der Waals surface area contributed by atoms with Crippen LogP contribution in [-0.2, 0) is 0 Å². The Bertz CT molecular complexity index is 125. The largest absolute Gasteiger partial charge is 0.327 e. The third kappa shape index (κ3) is 0.536. The van der Waals surface area contributed by atoms with Crippen LogP contribution in [0.3, 0.4) is 0 Å². The monoisotopic (exact) mass is 125 g/mol. The van der Waals surface area contributed by atoms with Gasteiger partial charge in [0.15, 0.2) is 0 Å². The van der Waals surface area contributed by atoms with E-state index in [1.165, 1.54) is 25.7 Å². The van der Waals surface area contributed by atoms with E-state index in [1.54, 1.807) is 0 Å². The van der Waals surface area contributed by atoms with Gasteiger partial charge in [0, 0.05) is 6.04 Å². The van der Waals surface area contributed by atoms with Crippen LogP contribution in [0.5, 0.6) is 0 Å². The van der Waals surface area contributed by atoms with E-state index in [9.17, 15) is 0 Å². The van der Waals surface area contributed by atoms with Crippen molar-refractivity contribution in [3.05, 3.63) is 0 Å². The SMILES string of the molecule is C[C@]12CC[C@H]1CC[C@@H]2N. The zero-order chi connectivity index (χ0) is 6.48. The molecule has 2 fully saturated rings. The zero-order valence-electron chi connectivity index (χ0n) is 6.06. The minimum atomic E-state index is 0.524. The summed E-state index contributed by atoms with van der Waals surface area (Å²) in [4.78, 5) is 0. The molecule has 0 unspecified atom stereocenters. The van der Waals surface area contributed by atoms with Crippen LogP contribution in [0.4, 0.5) is 0 Å². The van der Waals surface area contributed by atoms with Gasteiger partial charge in [-0.05, 0) is 37.0 Å². The average molecular weight is 125 g/mol. The lowest BCUT2D eigenvalue weighted by Gasteiger charge is -2.44. The maximum absolute atomic E-state index is 5.95. The summed E-state index contributed by atoms with van der Waals surface area (Å²) in [7, 11) is 0. The summed E-state index contributed by atoms with van der Waals surface area (Å²) in [5.41, 5.74) is 6.52. The molecule has 0 amide bonds. The first-order valence-electron chi connectivity index (χ1n) is 3.99. The second-order valence-corrected chi connectivity index (χ2v) is 3.93. The number of rotatable bonds is 0. The molecule has 52 valence electrons. The number of hydrogen-bond acceptors (Lipinski definition) is 1. The van der Waals surface area contributed by atoms with Gasteiger partial charge >= 0.3 is 0 Å². The molecule has 0 spiro atoms. The Kier molecular flexibility index (Phi) is 0.963. The van der Waals surface area contributed by atoms with Gasteiger partial charge in [0.05, 0.1) is 0 Å². The molecule has 2 saturated carbocycles. The Morgan fingerprint density at radius 1 is 1.33 bits per heavy atom. The van der Waals surface area contributed by atoms with E-state index in [1.807, 2.05) is 0 Å². The Balaban J connectivity index is 2.18. The van der Waals surface area contributed by atoms with Crippen molar-refractivity contribution < 1.29 is 0 Å². The van der Waals surface area contributed by atoms with Crippen LogP contribution in [0.15, 0.2) is 0 Å². The van der Waals surface area contributed by atoms with E-state index >= 15 is 0 Å². The molecule has 0 saturated heterocycles. The number of hydrogen-bond donors (Lipinski definition) is 1. The molecular formula is C8H15N. The Labute approximate surface area is 56.6 Å². The van der Waals surface area contributed by atoms with Crippen molar-refractivity contribution >= 4 is 0 Å². The molecule has 1 nitrogen and oxygen atoms in total. The van der Waals surface area contributed by atoms with Gasteiger partial charge in [-0.3, -0.25) is 0 Å². The third-order valence-electron chi connectivity index (χ3n) is 3.64. The molecule has 0 radical (unpaired) electrons. The second-order valence-electron chi connectivity index (χ2n) is 3.93. The Hall–Kier alpha value is -0.0400. The van der Waals surface area contributed by atoms with E-state index in [2.05, 4.69) is 6.92 Å². The smallest absolute Gasteiger partial charge is 0.00956 e. The lowest BCUT2D eigenvalue weighted by molar-refractivity contribution is 0.0719. The first kappa shape index (κ1) is 5.72. The summed E-state index contributed by atoms with van der Waals surface area (Å²) in [6, 6.07) is 0.524. The van der Waals surface area contributed by atoms with Gasteiger partial charge < -0.3 is 5.73 Å². The first-order valence-corrected chi connectivity index (χ1v) is 3.99. The van der Waals surface area contributed by atoms with Crippen LogP contribution in [0.1, 0.15) is 32.6 Å². The van der Waals surface area contributed by atoms with Gasteiger partial charge in [0.1, 0.15) is 0 Å². The van der Waals surface area contributed by atoms with Crippen LogP contribution < -0.4 is 5.73 Å². The zero-order valence-corrected chi connectivity index (χ0v) is 6.06. The van der Waals surface area contributed by atoms with Gasteiger partial charge in [0.25, 0.3) is 0 Å². The molecule has 3 atom stereocenters. The highest BCUT2D eigenvalue weighted by atomic mass is 14.8. The molecule has 2 N–H and O–H groups in total. The van der Waals surface area contributed by atoms with Gasteiger partial charge in [0.2, 0.25) is 0 Å². The topological polar surface area (TPSA) is 26.0 Å². The van der Waals surface area contributed by atoms with E-state index in [4.69, 9.17) is 5.73 Å². The van der Waals surface area contributed by atoms with Crippen LogP contribution >= 0.6 is 0 Å². The van der Waals surface area contributed by atoms with Crippen LogP contribution in [-0.4, -0.2) is 6.04 Å². The minimum absolute atomic E-state index is 0.524. The third-order valence-corrected chi connectivity index (χ3v) is 3.64. The van der Waals surface area contributed by atoms with Gasteiger partial charge in [-0.1, -0.05) is 6.92 Å². The molecule has 0 heterocycles. The number of nitrogens with two attached hydrogens (primary N) is 1. The lowest BCUT2D eigenvalue weighted by Crippen LogP contribution is -2.44. The highest BCUT2D eigenvalue weighted by molar-refractivity contribution is 5.04. The fourth-order valence-corrected chi connectivity index (χ4v) is 2.48. The average Bonchev–Trinajstić information content (AvgIpc) is 1.96. The molecule has 2 aliphatic rings. The van der Waals surface area contributed by atoms with E-state index in [0.29, 0.717) is 11.5 Å². The maximum atomic E-state index is 5.95. The van der Waals surface area contributed by atoms with Crippen LogP contribution in [0.2, 0.25) is 0 Å². The standard InChI is InChI=1S/C8H15N/c1-8-5-4-6(8)2-3-7(8)9/h6-7H,2-5,9H2,1H3/t6-,7+,8+/m1/s1. The van der Waals surface area contributed by atoms with Crippen molar-refractivity contribution in [2.24, 2.45) is 17.1 Å². The molecule has 0 aliphatic heterocycles. The summed E-state index contributed by atoms with van der Waals surface area (Å²) >= 11 is 0. The molecule has 0 bridgehead atoms. The van der Waals surface area contributed by atoms with Crippen molar-refractivity contribution in [3.8, 4) is 0 Å². The molecule has 9 heavy (non-hydrogen) atoms. The van der Waals surface area contributed by atoms with E-state index in [-0.39, 0.29) is 0 Å². The predicted octanol–water partition coefficient (Wildman–Crippen LogP) is 1.52. The predicted molar refractivity (Wildman–Crippen MR) is 38.0 cm³/mol. The summed E-state index contributed by atoms with van der Waals surface area (Å²) in [5.74, 6) is 0.993. The lowest BCUT2D eigenvalue weighted by atomic mass is 9.62. The molecule has 0 aromatic heterocycles. The van der Waals surface area contributed by atoms with E-state index < -0.39 is 0 Å². The molecule has 0 aromatic carbocycles. The van der Waals surface area contributed by atoms with Crippen molar-refractivity contribution in [2.75, 3.05) is 0 Å². The van der Waals surface area contributed by atoms with Crippen molar-refractivity contribution in [1.29, 1.82) is 0 Å². The number of fused-ring (bicyclic) bond motifs is 1. The fraction of sp³-hybridized carbons (Fsp3) is 1.00.